The summed E-state index contributed by atoms with van der Waals surface area (Å²) in [6.07, 6.45) is -0.763. The summed E-state index contributed by atoms with van der Waals surface area (Å²) in [4.78, 5) is 4.73. The van der Waals surface area contributed by atoms with E-state index in [2.05, 4.69) is 21.8 Å². The fourth-order valence-electron chi connectivity index (χ4n) is 3.52. The van der Waals surface area contributed by atoms with E-state index in [1.807, 2.05) is 0 Å². The number of likely N-dealkylation sites (tertiary alicyclic amines) is 1. The van der Waals surface area contributed by atoms with Gasteiger partial charge < -0.3 is 4.74 Å². The smallest absolute Gasteiger partial charge is 0.376 e. The maximum Gasteiger partial charge on any atom is 0.435 e. The molecule has 0 aromatic carbocycles. The van der Waals surface area contributed by atoms with Crippen molar-refractivity contribution in [2.45, 2.75) is 38.1 Å². The molecule has 2 aliphatic rings. The SMILES string of the molecule is CC1CN(CCN2CCCC(n3ccc(C(F)(F)F)n3)C2)CCO1. The van der Waals surface area contributed by atoms with Crippen molar-refractivity contribution in [3.63, 3.8) is 0 Å². The van der Waals surface area contributed by atoms with Gasteiger partial charge in [0.2, 0.25) is 0 Å². The Kier molecular flexibility index (Phi) is 5.46. The highest BCUT2D eigenvalue weighted by atomic mass is 19.4. The second-order valence-electron chi connectivity index (χ2n) is 6.76. The summed E-state index contributed by atoms with van der Waals surface area (Å²) < 4.78 is 45.1. The van der Waals surface area contributed by atoms with E-state index >= 15 is 0 Å². The lowest BCUT2D eigenvalue weighted by molar-refractivity contribution is -0.141. The molecule has 136 valence electrons. The van der Waals surface area contributed by atoms with Gasteiger partial charge >= 0.3 is 6.18 Å². The third kappa shape index (κ3) is 4.49. The zero-order valence-corrected chi connectivity index (χ0v) is 14.0. The molecule has 8 heteroatoms. The van der Waals surface area contributed by atoms with Crippen LogP contribution in [0.25, 0.3) is 0 Å². The molecule has 0 saturated carbocycles. The van der Waals surface area contributed by atoms with E-state index in [0.717, 1.165) is 64.8 Å². The monoisotopic (exact) mass is 346 g/mol. The molecule has 3 heterocycles. The molecule has 5 nitrogen and oxygen atoms in total. The molecule has 2 fully saturated rings. The first-order chi connectivity index (χ1) is 11.4. The van der Waals surface area contributed by atoms with Gasteiger partial charge in [0, 0.05) is 38.9 Å². The Morgan fingerprint density at radius 3 is 2.62 bits per heavy atom. The lowest BCUT2D eigenvalue weighted by Gasteiger charge is -2.36. The van der Waals surface area contributed by atoms with Gasteiger partial charge in [-0.1, -0.05) is 0 Å². The number of morpholine rings is 1. The number of halogens is 3. The summed E-state index contributed by atoms with van der Waals surface area (Å²) in [7, 11) is 0. The van der Waals surface area contributed by atoms with Gasteiger partial charge in [0.1, 0.15) is 0 Å². The number of hydrogen-bond acceptors (Lipinski definition) is 4. The summed E-state index contributed by atoms with van der Waals surface area (Å²) in [5, 5.41) is 3.74. The average Bonchev–Trinajstić information content (AvgIpc) is 3.04. The van der Waals surface area contributed by atoms with Crippen LogP contribution in [-0.4, -0.2) is 71.6 Å². The lowest BCUT2D eigenvalue weighted by Crippen LogP contribution is -2.46. The molecular weight excluding hydrogens is 321 g/mol. The minimum absolute atomic E-state index is 0.0264. The highest BCUT2D eigenvalue weighted by Crippen LogP contribution is 2.29. The molecule has 0 N–H and O–H groups in total. The average molecular weight is 346 g/mol. The minimum Gasteiger partial charge on any atom is -0.376 e. The van der Waals surface area contributed by atoms with Gasteiger partial charge in [-0.05, 0) is 32.4 Å². The highest BCUT2D eigenvalue weighted by molar-refractivity contribution is 5.04. The first-order valence-corrected chi connectivity index (χ1v) is 8.60. The Bertz CT molecular complexity index is 534. The van der Waals surface area contributed by atoms with Crippen molar-refractivity contribution in [1.29, 1.82) is 0 Å². The fourth-order valence-corrected chi connectivity index (χ4v) is 3.52. The van der Waals surface area contributed by atoms with Gasteiger partial charge in [0.15, 0.2) is 5.69 Å². The molecule has 3 rings (SSSR count). The number of alkyl halides is 3. The summed E-state index contributed by atoms with van der Waals surface area (Å²) in [5.41, 5.74) is -0.804. The summed E-state index contributed by atoms with van der Waals surface area (Å²) in [6, 6.07) is 1.09. The first-order valence-electron chi connectivity index (χ1n) is 8.60. The van der Waals surface area contributed by atoms with Crippen LogP contribution in [0.3, 0.4) is 0 Å². The molecule has 0 spiro atoms. The number of aromatic nitrogens is 2. The maximum absolute atomic E-state index is 12.7. The molecule has 0 bridgehead atoms. The third-order valence-electron chi connectivity index (χ3n) is 4.81. The van der Waals surface area contributed by atoms with Crippen molar-refractivity contribution in [3.05, 3.63) is 18.0 Å². The van der Waals surface area contributed by atoms with E-state index in [4.69, 9.17) is 4.74 Å². The number of rotatable bonds is 4. The third-order valence-corrected chi connectivity index (χ3v) is 4.81. The molecule has 1 aromatic heterocycles. The molecule has 2 saturated heterocycles. The second-order valence-corrected chi connectivity index (χ2v) is 6.76. The van der Waals surface area contributed by atoms with Crippen LogP contribution in [0.4, 0.5) is 13.2 Å². The van der Waals surface area contributed by atoms with Gasteiger partial charge in [-0.2, -0.15) is 18.3 Å². The van der Waals surface area contributed by atoms with Crippen LogP contribution in [-0.2, 0) is 10.9 Å². The number of nitrogens with zero attached hydrogens (tertiary/aromatic N) is 4. The Labute approximate surface area is 140 Å². The van der Waals surface area contributed by atoms with Crippen LogP contribution >= 0.6 is 0 Å². The molecule has 1 aromatic rings. The van der Waals surface area contributed by atoms with E-state index in [-0.39, 0.29) is 12.1 Å². The molecule has 0 aliphatic carbocycles. The van der Waals surface area contributed by atoms with Crippen LogP contribution in [0.2, 0.25) is 0 Å². The molecule has 2 atom stereocenters. The molecular formula is C16H25F3N4O. The normalized spacial score (nSPS) is 27.5. The number of piperidine rings is 1. The van der Waals surface area contributed by atoms with Gasteiger partial charge in [-0.15, -0.1) is 0 Å². The maximum atomic E-state index is 12.7. The molecule has 0 amide bonds. The standard InChI is InChI=1S/C16H25F3N4O/c1-13-11-22(9-10-24-13)8-7-21-5-2-3-14(12-21)23-6-4-15(20-23)16(17,18)19/h4,6,13-14H,2-3,5,7-12H2,1H3. The van der Waals surface area contributed by atoms with Crippen LogP contribution in [0, 0.1) is 0 Å². The first kappa shape index (κ1) is 17.7. The topological polar surface area (TPSA) is 33.5 Å². The predicted molar refractivity (Wildman–Crippen MR) is 83.8 cm³/mol. The van der Waals surface area contributed by atoms with E-state index < -0.39 is 11.9 Å². The fraction of sp³-hybridized carbons (Fsp3) is 0.812. The van der Waals surface area contributed by atoms with Gasteiger partial charge in [0.05, 0.1) is 18.8 Å². The Morgan fingerprint density at radius 2 is 1.96 bits per heavy atom. The van der Waals surface area contributed by atoms with Gasteiger partial charge in [-0.3, -0.25) is 14.5 Å². The van der Waals surface area contributed by atoms with Crippen molar-refractivity contribution in [2.75, 3.05) is 45.9 Å². The van der Waals surface area contributed by atoms with Crippen molar-refractivity contribution in [3.8, 4) is 0 Å². The summed E-state index contributed by atoms with van der Waals surface area (Å²) >= 11 is 0. The molecule has 2 aliphatic heterocycles. The minimum atomic E-state index is -4.37. The van der Waals surface area contributed by atoms with Crippen LogP contribution < -0.4 is 0 Å². The lowest BCUT2D eigenvalue weighted by atomic mass is 10.1. The Balaban J connectivity index is 1.51. The van der Waals surface area contributed by atoms with Crippen molar-refractivity contribution in [2.24, 2.45) is 0 Å². The molecule has 0 radical (unpaired) electrons. The number of hydrogen-bond donors (Lipinski definition) is 0. The van der Waals surface area contributed by atoms with Crippen LogP contribution in [0.15, 0.2) is 12.3 Å². The zero-order valence-electron chi connectivity index (χ0n) is 14.0. The summed E-state index contributed by atoms with van der Waals surface area (Å²) in [6.45, 7) is 8.45. The highest BCUT2D eigenvalue weighted by Gasteiger charge is 2.34. The summed E-state index contributed by atoms with van der Waals surface area (Å²) in [5.74, 6) is 0. The van der Waals surface area contributed by atoms with E-state index in [9.17, 15) is 13.2 Å². The van der Waals surface area contributed by atoms with Crippen molar-refractivity contribution >= 4 is 0 Å². The van der Waals surface area contributed by atoms with Crippen molar-refractivity contribution in [1.82, 2.24) is 19.6 Å². The van der Waals surface area contributed by atoms with E-state index in [0.29, 0.717) is 0 Å². The van der Waals surface area contributed by atoms with Gasteiger partial charge in [-0.25, -0.2) is 0 Å². The van der Waals surface area contributed by atoms with E-state index in [1.54, 1.807) is 0 Å². The predicted octanol–water partition coefficient (Wildman–Crippen LogP) is 2.26. The largest absolute Gasteiger partial charge is 0.435 e. The van der Waals surface area contributed by atoms with Gasteiger partial charge in [0.25, 0.3) is 0 Å². The number of ether oxygens (including phenoxy) is 1. The zero-order chi connectivity index (χ0) is 17.2. The molecule has 24 heavy (non-hydrogen) atoms. The molecule has 2 unspecified atom stereocenters. The quantitative estimate of drug-likeness (QED) is 0.837. The Morgan fingerprint density at radius 1 is 1.21 bits per heavy atom. The van der Waals surface area contributed by atoms with Crippen LogP contribution in [0.5, 0.6) is 0 Å². The Hall–Kier alpha value is -1.12. The second kappa shape index (κ2) is 7.41. The van der Waals surface area contributed by atoms with Crippen molar-refractivity contribution < 1.29 is 17.9 Å². The van der Waals surface area contributed by atoms with E-state index in [1.165, 1.54) is 10.9 Å². The van der Waals surface area contributed by atoms with Crippen LogP contribution in [0.1, 0.15) is 31.5 Å².